The molecule has 126 valence electrons. The maximum atomic E-state index is 13.6. The topological polar surface area (TPSA) is 35.5 Å². The summed E-state index contributed by atoms with van der Waals surface area (Å²) in [6.07, 6.45) is 0. The first kappa shape index (κ1) is 17.4. The van der Waals surface area contributed by atoms with Crippen LogP contribution in [0.5, 0.6) is 0 Å². The fourth-order valence-electron chi connectivity index (χ4n) is 2.82. The summed E-state index contributed by atoms with van der Waals surface area (Å²) < 4.78 is 26.1. The molecule has 0 fully saturated rings. The molecule has 1 heterocycles. The van der Waals surface area contributed by atoms with Crippen LogP contribution in [0.3, 0.4) is 0 Å². The van der Waals surface area contributed by atoms with Crippen molar-refractivity contribution in [3.05, 3.63) is 71.1 Å². The second kappa shape index (κ2) is 7.62. The van der Waals surface area contributed by atoms with E-state index in [0.717, 1.165) is 15.8 Å². The number of benzene rings is 2. The van der Waals surface area contributed by atoms with Crippen LogP contribution >= 0.6 is 18.9 Å². The van der Waals surface area contributed by atoms with Crippen molar-refractivity contribution in [3.8, 4) is 0 Å². The Bertz CT molecular complexity index is 801. The molecule has 0 aliphatic rings. The Hall–Kier alpha value is -1.45. The van der Waals surface area contributed by atoms with Crippen LogP contribution in [0.2, 0.25) is 0 Å². The number of rotatable bonds is 7. The van der Waals surface area contributed by atoms with Crippen molar-refractivity contribution in [2.45, 2.75) is 19.5 Å². The molecule has 0 aliphatic heterocycles. The summed E-state index contributed by atoms with van der Waals surface area (Å²) in [6, 6.07) is 20.1. The van der Waals surface area contributed by atoms with Crippen LogP contribution in [0.1, 0.15) is 29.9 Å². The highest BCUT2D eigenvalue weighted by Crippen LogP contribution is 2.64. The molecular formula is C19H21O3PS. The predicted octanol–water partition coefficient (Wildman–Crippen LogP) is 6.26. The SMILES string of the molecule is CCOP(=O)(OCC)C(c1ccccc1)c1cc2ccccc2s1. The van der Waals surface area contributed by atoms with Gasteiger partial charge < -0.3 is 9.05 Å². The van der Waals surface area contributed by atoms with Crippen molar-refractivity contribution in [1.29, 1.82) is 0 Å². The lowest BCUT2D eigenvalue weighted by atomic mass is 10.1. The lowest BCUT2D eigenvalue weighted by Gasteiger charge is -2.26. The highest BCUT2D eigenvalue weighted by atomic mass is 32.1. The Morgan fingerprint density at radius 3 is 2.21 bits per heavy atom. The minimum absolute atomic E-state index is 0.353. The molecule has 3 rings (SSSR count). The standard InChI is InChI=1S/C19H21O3PS/c1-3-21-23(20,22-4-2)19(15-10-6-5-7-11-15)18-14-16-12-8-9-13-17(16)24-18/h5-14,19H,3-4H2,1-2H3. The molecule has 0 N–H and O–H groups in total. The van der Waals surface area contributed by atoms with E-state index in [2.05, 4.69) is 18.2 Å². The zero-order chi connectivity index (χ0) is 17.0. The van der Waals surface area contributed by atoms with Crippen LogP contribution in [0, 0.1) is 0 Å². The minimum atomic E-state index is -3.32. The first-order valence-electron chi connectivity index (χ1n) is 8.10. The molecule has 3 nitrogen and oxygen atoms in total. The molecule has 0 aliphatic carbocycles. The molecule has 3 aromatic rings. The van der Waals surface area contributed by atoms with Crippen molar-refractivity contribution in [3.63, 3.8) is 0 Å². The summed E-state index contributed by atoms with van der Waals surface area (Å²) in [7, 11) is -3.32. The van der Waals surface area contributed by atoms with Crippen LogP contribution in [-0.4, -0.2) is 13.2 Å². The first-order chi connectivity index (χ1) is 11.7. The highest BCUT2D eigenvalue weighted by molar-refractivity contribution is 7.55. The van der Waals surface area contributed by atoms with Gasteiger partial charge in [-0.3, -0.25) is 4.57 Å². The number of hydrogen-bond acceptors (Lipinski definition) is 4. The van der Waals surface area contributed by atoms with E-state index in [4.69, 9.17) is 9.05 Å². The fraction of sp³-hybridized carbons (Fsp3) is 0.263. The predicted molar refractivity (Wildman–Crippen MR) is 101 cm³/mol. The van der Waals surface area contributed by atoms with E-state index in [1.54, 1.807) is 11.3 Å². The summed E-state index contributed by atoms with van der Waals surface area (Å²) in [6.45, 7) is 4.40. The molecule has 0 saturated heterocycles. The molecule has 0 saturated carbocycles. The molecule has 1 unspecified atom stereocenters. The van der Waals surface area contributed by atoms with Gasteiger partial charge >= 0.3 is 7.60 Å². The van der Waals surface area contributed by atoms with E-state index >= 15 is 0 Å². The third kappa shape index (κ3) is 3.47. The van der Waals surface area contributed by atoms with E-state index < -0.39 is 13.3 Å². The van der Waals surface area contributed by atoms with Crippen LogP contribution in [0.4, 0.5) is 0 Å². The molecule has 24 heavy (non-hydrogen) atoms. The Morgan fingerprint density at radius 2 is 1.58 bits per heavy atom. The van der Waals surface area contributed by atoms with Gasteiger partial charge in [0.05, 0.1) is 13.2 Å². The molecule has 0 amide bonds. The van der Waals surface area contributed by atoms with Gasteiger partial charge in [-0.25, -0.2) is 0 Å². The molecule has 1 aromatic heterocycles. The maximum Gasteiger partial charge on any atom is 0.343 e. The summed E-state index contributed by atoms with van der Waals surface area (Å²) in [5.41, 5.74) is 0.547. The molecule has 0 radical (unpaired) electrons. The monoisotopic (exact) mass is 360 g/mol. The molecule has 2 aromatic carbocycles. The first-order valence-corrected chi connectivity index (χ1v) is 10.5. The molecule has 0 spiro atoms. The molecule has 0 bridgehead atoms. The fourth-order valence-corrected chi connectivity index (χ4v) is 6.46. The average molecular weight is 360 g/mol. The normalized spacial score (nSPS) is 13.2. The molecular weight excluding hydrogens is 339 g/mol. The van der Waals surface area contributed by atoms with E-state index in [9.17, 15) is 4.57 Å². The van der Waals surface area contributed by atoms with Gasteiger partial charge in [-0.2, -0.15) is 0 Å². The Labute approximate surface area is 146 Å². The Morgan fingerprint density at radius 1 is 0.958 bits per heavy atom. The minimum Gasteiger partial charge on any atom is -0.308 e. The quantitative estimate of drug-likeness (QED) is 0.467. The summed E-state index contributed by atoms with van der Waals surface area (Å²) in [4.78, 5) is 1.01. The van der Waals surface area contributed by atoms with Gasteiger partial charge in [-0.1, -0.05) is 48.5 Å². The van der Waals surface area contributed by atoms with E-state index in [1.807, 2.05) is 56.3 Å². The summed E-state index contributed by atoms with van der Waals surface area (Å²) >= 11 is 1.65. The zero-order valence-electron chi connectivity index (χ0n) is 13.8. The Balaban J connectivity index is 2.16. The lowest BCUT2D eigenvalue weighted by molar-refractivity contribution is 0.215. The molecule has 5 heteroatoms. The van der Waals surface area contributed by atoms with Gasteiger partial charge in [0.1, 0.15) is 5.66 Å². The van der Waals surface area contributed by atoms with Crippen molar-refractivity contribution in [1.82, 2.24) is 0 Å². The van der Waals surface area contributed by atoms with Gasteiger partial charge in [0.2, 0.25) is 0 Å². The van der Waals surface area contributed by atoms with Gasteiger partial charge in [0.25, 0.3) is 0 Å². The van der Waals surface area contributed by atoms with Crippen molar-refractivity contribution >= 4 is 29.0 Å². The summed E-state index contributed by atoms with van der Waals surface area (Å²) in [5, 5.41) is 1.15. The second-order valence-electron chi connectivity index (χ2n) is 5.38. The van der Waals surface area contributed by atoms with Crippen LogP contribution in [0.15, 0.2) is 60.7 Å². The van der Waals surface area contributed by atoms with Crippen molar-refractivity contribution < 1.29 is 13.6 Å². The van der Waals surface area contributed by atoms with Gasteiger partial charge in [-0.05, 0) is 36.9 Å². The smallest absolute Gasteiger partial charge is 0.308 e. The average Bonchev–Trinajstić information content (AvgIpc) is 2.99. The summed E-state index contributed by atoms with van der Waals surface area (Å²) in [5.74, 6) is 0. The van der Waals surface area contributed by atoms with Gasteiger partial charge in [0, 0.05) is 9.58 Å². The maximum absolute atomic E-state index is 13.6. The van der Waals surface area contributed by atoms with E-state index in [1.165, 1.54) is 4.70 Å². The van der Waals surface area contributed by atoms with Gasteiger partial charge in [-0.15, -0.1) is 11.3 Å². The third-order valence-electron chi connectivity index (χ3n) is 3.76. The van der Waals surface area contributed by atoms with Crippen LogP contribution in [0.25, 0.3) is 10.1 Å². The third-order valence-corrected chi connectivity index (χ3v) is 7.56. The number of thiophene rings is 1. The van der Waals surface area contributed by atoms with Gasteiger partial charge in [0.15, 0.2) is 0 Å². The molecule has 1 atom stereocenters. The Kier molecular flexibility index (Phi) is 5.52. The second-order valence-corrected chi connectivity index (χ2v) is 8.60. The van der Waals surface area contributed by atoms with Crippen molar-refractivity contribution in [2.24, 2.45) is 0 Å². The van der Waals surface area contributed by atoms with E-state index in [-0.39, 0.29) is 0 Å². The largest absolute Gasteiger partial charge is 0.343 e. The number of hydrogen-bond donors (Lipinski definition) is 0. The van der Waals surface area contributed by atoms with Crippen LogP contribution < -0.4 is 0 Å². The number of fused-ring (bicyclic) bond motifs is 1. The van der Waals surface area contributed by atoms with Crippen molar-refractivity contribution in [2.75, 3.05) is 13.2 Å². The zero-order valence-corrected chi connectivity index (χ0v) is 15.6. The van der Waals surface area contributed by atoms with Crippen LogP contribution in [-0.2, 0) is 13.6 Å². The highest BCUT2D eigenvalue weighted by Gasteiger charge is 2.39. The lowest BCUT2D eigenvalue weighted by Crippen LogP contribution is -2.07. The van der Waals surface area contributed by atoms with E-state index in [0.29, 0.717) is 13.2 Å².